The van der Waals surface area contributed by atoms with Crippen LogP contribution in [0, 0.1) is 0 Å². The summed E-state index contributed by atoms with van der Waals surface area (Å²) in [5, 5.41) is 2.63. The van der Waals surface area contributed by atoms with Gasteiger partial charge >= 0.3 is 26.2 Å². The van der Waals surface area contributed by atoms with E-state index in [4.69, 9.17) is 0 Å². The fourth-order valence-electron chi connectivity index (χ4n) is 1.95. The van der Waals surface area contributed by atoms with E-state index in [9.17, 15) is 0 Å². The number of rotatable bonds is 1. The summed E-state index contributed by atoms with van der Waals surface area (Å²) in [6.45, 7) is 0. The molecule has 0 fully saturated rings. The zero-order valence-electron chi connectivity index (χ0n) is 9.98. The fourth-order valence-corrected chi connectivity index (χ4v) is 1.95. The smallest absolute Gasteiger partial charge is 1.00 e. The third-order valence-corrected chi connectivity index (χ3v) is 2.73. The molecule has 0 radical (unpaired) electrons. The molecule has 0 heterocycles. The van der Waals surface area contributed by atoms with Gasteiger partial charge in [0.05, 0.1) is 0 Å². The third kappa shape index (κ3) is 5.43. The molecule has 4 heteroatoms. The van der Waals surface area contributed by atoms with Gasteiger partial charge in [0.2, 0.25) is 0 Å². The molecule has 0 unspecified atom stereocenters. The van der Waals surface area contributed by atoms with Crippen LogP contribution < -0.4 is 71.9 Å². The Kier molecular flexibility index (Phi) is 12.7. The average molecular weight is 663 g/mol. The van der Waals surface area contributed by atoms with Gasteiger partial charge in [-0.2, -0.15) is 0 Å². The molecule has 0 bridgehead atoms. The van der Waals surface area contributed by atoms with Gasteiger partial charge in [0.1, 0.15) is 0 Å². The SMILES string of the molecule is [I-].[I-].[I-].[Zr+4].c1ccc(-c2cc3ccccc3[cH-]2)cc1. The van der Waals surface area contributed by atoms with E-state index < -0.39 is 0 Å². The molecular weight excluding hydrogens is 652 g/mol. The van der Waals surface area contributed by atoms with E-state index in [1.165, 1.54) is 21.9 Å². The topological polar surface area (TPSA) is 0 Å². The van der Waals surface area contributed by atoms with Gasteiger partial charge in [-0.25, -0.2) is 0 Å². The number of fused-ring (bicyclic) bond motifs is 1. The van der Waals surface area contributed by atoms with Crippen molar-refractivity contribution >= 4 is 10.8 Å². The zero-order chi connectivity index (χ0) is 10.1. The van der Waals surface area contributed by atoms with Gasteiger partial charge in [-0.15, -0.1) is 34.5 Å². The Bertz CT molecular complexity index is 557. The van der Waals surface area contributed by atoms with Crippen LogP contribution in [0.3, 0.4) is 0 Å². The Hall–Kier alpha value is 1.12. The molecule has 0 aliphatic heterocycles. The van der Waals surface area contributed by atoms with Gasteiger partial charge in [-0.05, 0) is 0 Å². The van der Waals surface area contributed by atoms with Crippen molar-refractivity contribution in [2.45, 2.75) is 0 Å². The summed E-state index contributed by atoms with van der Waals surface area (Å²) >= 11 is 0. The molecule has 0 saturated carbocycles. The largest absolute Gasteiger partial charge is 4.00 e. The average Bonchev–Trinajstić information content (AvgIpc) is 2.74. The first-order valence-electron chi connectivity index (χ1n) is 5.14. The van der Waals surface area contributed by atoms with E-state index in [0.717, 1.165) is 0 Å². The van der Waals surface area contributed by atoms with Gasteiger partial charge in [0.25, 0.3) is 0 Å². The maximum atomic E-state index is 2.24. The summed E-state index contributed by atoms with van der Waals surface area (Å²) in [6, 6.07) is 23.4. The van der Waals surface area contributed by atoms with Gasteiger partial charge in [0.15, 0.2) is 0 Å². The molecule has 3 aromatic rings. The first kappa shape index (κ1) is 22.4. The van der Waals surface area contributed by atoms with Crippen LogP contribution in [0.25, 0.3) is 21.9 Å². The molecule has 0 nitrogen and oxygen atoms in total. The molecule has 0 spiro atoms. The van der Waals surface area contributed by atoms with Gasteiger partial charge in [-0.1, -0.05) is 54.1 Å². The van der Waals surface area contributed by atoms with Crippen molar-refractivity contribution in [3.8, 4) is 11.1 Å². The molecule has 0 atom stereocenters. The van der Waals surface area contributed by atoms with Crippen LogP contribution in [0.15, 0.2) is 66.7 Å². The van der Waals surface area contributed by atoms with Crippen molar-refractivity contribution in [1.29, 1.82) is 0 Å². The Labute approximate surface area is 184 Å². The van der Waals surface area contributed by atoms with Crippen molar-refractivity contribution in [3.05, 3.63) is 66.7 Å². The van der Waals surface area contributed by atoms with Crippen molar-refractivity contribution in [2.24, 2.45) is 0 Å². The second-order valence-electron chi connectivity index (χ2n) is 3.74. The maximum absolute atomic E-state index is 2.24. The monoisotopic (exact) mass is 662 g/mol. The summed E-state index contributed by atoms with van der Waals surface area (Å²) in [7, 11) is 0. The first-order chi connectivity index (χ1) is 7.43. The van der Waals surface area contributed by atoms with Gasteiger partial charge in [0, 0.05) is 0 Å². The molecule has 19 heavy (non-hydrogen) atoms. The van der Waals surface area contributed by atoms with E-state index in [0.29, 0.717) is 0 Å². The Morgan fingerprint density at radius 1 is 0.684 bits per heavy atom. The molecule has 3 rings (SSSR count). The molecule has 96 valence electrons. The minimum atomic E-state index is 0. The molecule has 3 aromatic carbocycles. The molecule has 0 amide bonds. The summed E-state index contributed by atoms with van der Waals surface area (Å²) in [4.78, 5) is 0. The van der Waals surface area contributed by atoms with Gasteiger partial charge < -0.3 is 71.9 Å². The van der Waals surface area contributed by atoms with Crippen LogP contribution in [0.4, 0.5) is 0 Å². The van der Waals surface area contributed by atoms with Crippen molar-refractivity contribution in [1.82, 2.24) is 0 Å². The van der Waals surface area contributed by atoms with Crippen molar-refractivity contribution < 1.29 is 98.1 Å². The second kappa shape index (κ2) is 10.8. The predicted molar refractivity (Wildman–Crippen MR) is 65.0 cm³/mol. The fraction of sp³-hybridized carbons (Fsp3) is 0. The third-order valence-electron chi connectivity index (χ3n) is 2.73. The first-order valence-corrected chi connectivity index (χ1v) is 5.14. The van der Waals surface area contributed by atoms with E-state index in [1.54, 1.807) is 0 Å². The zero-order valence-corrected chi connectivity index (χ0v) is 18.9. The predicted octanol–water partition coefficient (Wildman–Crippen LogP) is -4.76. The Morgan fingerprint density at radius 2 is 1.26 bits per heavy atom. The Balaban J connectivity index is 0. The second-order valence-corrected chi connectivity index (χ2v) is 3.74. The van der Waals surface area contributed by atoms with Gasteiger partial charge in [-0.3, -0.25) is 0 Å². The number of hydrogen-bond acceptors (Lipinski definition) is 0. The Morgan fingerprint density at radius 3 is 1.89 bits per heavy atom. The maximum Gasteiger partial charge on any atom is 4.00 e. The minimum Gasteiger partial charge on any atom is -1.00 e. The van der Waals surface area contributed by atoms with Crippen LogP contribution >= 0.6 is 0 Å². The quantitative estimate of drug-likeness (QED) is 0.182. The molecule has 0 aliphatic carbocycles. The number of benzene rings is 2. The summed E-state index contributed by atoms with van der Waals surface area (Å²) in [5.41, 5.74) is 2.59. The molecule has 0 aromatic heterocycles. The number of hydrogen-bond donors (Lipinski definition) is 0. The number of halogens is 3. The van der Waals surface area contributed by atoms with Crippen LogP contribution in [-0.2, 0) is 26.2 Å². The van der Waals surface area contributed by atoms with Crippen molar-refractivity contribution in [2.75, 3.05) is 0 Å². The van der Waals surface area contributed by atoms with E-state index >= 15 is 0 Å². The normalized spacial score (nSPS) is 8.42. The summed E-state index contributed by atoms with van der Waals surface area (Å²) < 4.78 is 0. The van der Waals surface area contributed by atoms with E-state index in [1.807, 2.05) is 6.07 Å². The van der Waals surface area contributed by atoms with Crippen molar-refractivity contribution in [3.63, 3.8) is 0 Å². The minimum absolute atomic E-state index is 0. The van der Waals surface area contributed by atoms with E-state index in [-0.39, 0.29) is 98.1 Å². The standard InChI is InChI=1S/C15H11.3HI.Zr/c1-2-6-12(7-3-1)15-10-13-8-4-5-9-14(13)11-15;;;;/h1-11H;3*1H;/q-1;;;;+4/p-3. The van der Waals surface area contributed by atoms with Crippen LogP contribution in [0.2, 0.25) is 0 Å². The molecule has 0 N–H and O–H groups in total. The summed E-state index contributed by atoms with van der Waals surface area (Å²) in [6.07, 6.45) is 0. The van der Waals surface area contributed by atoms with Crippen LogP contribution in [0.1, 0.15) is 0 Å². The molecule has 0 aliphatic rings. The molecule has 0 saturated heterocycles. The summed E-state index contributed by atoms with van der Waals surface area (Å²) in [5.74, 6) is 0. The van der Waals surface area contributed by atoms with Crippen LogP contribution in [0.5, 0.6) is 0 Å². The molecular formula is C15H11I3Zr. The van der Waals surface area contributed by atoms with E-state index in [2.05, 4.69) is 60.7 Å². The van der Waals surface area contributed by atoms with Crippen LogP contribution in [-0.4, -0.2) is 0 Å².